The van der Waals surface area contributed by atoms with Crippen molar-refractivity contribution in [3.63, 3.8) is 0 Å². The van der Waals surface area contributed by atoms with Gasteiger partial charge in [-0.05, 0) is 36.4 Å². The Morgan fingerprint density at radius 1 is 1.08 bits per heavy atom. The molecule has 6 nitrogen and oxygen atoms in total. The third-order valence-corrected chi connectivity index (χ3v) is 4.23. The van der Waals surface area contributed by atoms with Crippen molar-refractivity contribution in [1.82, 2.24) is 9.97 Å². The molecule has 0 bridgehead atoms. The van der Waals surface area contributed by atoms with Crippen LogP contribution >= 0.6 is 11.3 Å². The zero-order valence-electron chi connectivity index (χ0n) is 13.5. The van der Waals surface area contributed by atoms with Crippen molar-refractivity contribution in [2.45, 2.75) is 0 Å². The van der Waals surface area contributed by atoms with Crippen molar-refractivity contribution in [1.29, 1.82) is 0 Å². The number of pyridine rings is 1. The highest BCUT2D eigenvalue weighted by Gasteiger charge is 2.16. The summed E-state index contributed by atoms with van der Waals surface area (Å²) in [5, 5.41) is 5.06. The first-order valence-corrected chi connectivity index (χ1v) is 8.66. The zero-order chi connectivity index (χ0) is 17.8. The smallest absolute Gasteiger partial charge is 0.262 e. The average Bonchev–Trinajstić information content (AvgIpc) is 3.34. The second-order valence-electron chi connectivity index (χ2n) is 5.24. The molecule has 0 saturated heterocycles. The standard InChI is InChI=1S/C19H13N3O3S/c23-17(22-19-21-15(12-26-19)16-9-5-11-24-16)14-8-4-10-20-18(14)25-13-6-2-1-3-7-13/h1-12H,(H,21,22,23). The van der Waals surface area contributed by atoms with Gasteiger partial charge < -0.3 is 9.15 Å². The summed E-state index contributed by atoms with van der Waals surface area (Å²) in [6.07, 6.45) is 3.16. The molecule has 3 aromatic heterocycles. The van der Waals surface area contributed by atoms with Gasteiger partial charge in [0.15, 0.2) is 10.9 Å². The van der Waals surface area contributed by atoms with Crippen molar-refractivity contribution in [2.75, 3.05) is 5.32 Å². The molecule has 0 unspecified atom stereocenters. The van der Waals surface area contributed by atoms with E-state index in [4.69, 9.17) is 9.15 Å². The number of hydrogen-bond acceptors (Lipinski definition) is 6. The first-order valence-electron chi connectivity index (χ1n) is 7.78. The summed E-state index contributed by atoms with van der Waals surface area (Å²) in [6, 6.07) is 16.1. The van der Waals surface area contributed by atoms with E-state index in [1.165, 1.54) is 11.3 Å². The number of para-hydroxylation sites is 1. The Morgan fingerprint density at radius 3 is 2.77 bits per heavy atom. The van der Waals surface area contributed by atoms with E-state index in [-0.39, 0.29) is 11.8 Å². The fourth-order valence-corrected chi connectivity index (χ4v) is 2.97. The molecule has 0 aliphatic carbocycles. The largest absolute Gasteiger partial charge is 0.463 e. The lowest BCUT2D eigenvalue weighted by Gasteiger charge is -2.09. The lowest BCUT2D eigenvalue weighted by molar-refractivity contribution is 0.102. The molecule has 0 spiro atoms. The number of aromatic nitrogens is 2. The summed E-state index contributed by atoms with van der Waals surface area (Å²) in [4.78, 5) is 21.2. The number of hydrogen-bond donors (Lipinski definition) is 1. The molecule has 26 heavy (non-hydrogen) atoms. The van der Waals surface area contributed by atoms with Crippen LogP contribution in [0.3, 0.4) is 0 Å². The number of rotatable bonds is 5. The predicted octanol–water partition coefficient (Wildman–Crippen LogP) is 4.84. The Hall–Kier alpha value is -3.45. The van der Waals surface area contributed by atoms with Crippen LogP contribution in [0.5, 0.6) is 11.6 Å². The van der Waals surface area contributed by atoms with Crippen molar-refractivity contribution >= 4 is 22.4 Å². The Morgan fingerprint density at radius 2 is 1.96 bits per heavy atom. The van der Waals surface area contributed by atoms with Crippen LogP contribution in [0.1, 0.15) is 10.4 Å². The van der Waals surface area contributed by atoms with E-state index in [9.17, 15) is 4.79 Å². The van der Waals surface area contributed by atoms with E-state index < -0.39 is 0 Å². The van der Waals surface area contributed by atoms with Crippen LogP contribution in [-0.2, 0) is 0 Å². The Balaban J connectivity index is 1.53. The van der Waals surface area contributed by atoms with Gasteiger partial charge in [-0.2, -0.15) is 0 Å². The quantitative estimate of drug-likeness (QED) is 0.549. The number of carbonyl (C=O) groups is 1. The summed E-state index contributed by atoms with van der Waals surface area (Å²) >= 11 is 1.32. The Labute approximate surface area is 153 Å². The highest BCUT2D eigenvalue weighted by molar-refractivity contribution is 7.14. The van der Waals surface area contributed by atoms with Crippen LogP contribution in [0.15, 0.2) is 76.9 Å². The van der Waals surface area contributed by atoms with Gasteiger partial charge in [-0.1, -0.05) is 18.2 Å². The van der Waals surface area contributed by atoms with E-state index in [2.05, 4.69) is 15.3 Å². The highest BCUT2D eigenvalue weighted by Crippen LogP contribution is 2.27. The number of nitrogens with zero attached hydrogens (tertiary/aromatic N) is 2. The van der Waals surface area contributed by atoms with Crippen LogP contribution in [0.2, 0.25) is 0 Å². The molecule has 7 heteroatoms. The molecular formula is C19H13N3O3S. The second-order valence-corrected chi connectivity index (χ2v) is 6.10. The molecule has 1 aromatic carbocycles. The van der Waals surface area contributed by atoms with Crippen LogP contribution < -0.4 is 10.1 Å². The van der Waals surface area contributed by atoms with Gasteiger partial charge >= 0.3 is 0 Å². The maximum atomic E-state index is 12.6. The monoisotopic (exact) mass is 363 g/mol. The normalized spacial score (nSPS) is 10.5. The number of carbonyl (C=O) groups excluding carboxylic acids is 1. The molecule has 3 heterocycles. The first kappa shape index (κ1) is 16.0. The molecule has 0 fully saturated rings. The second kappa shape index (κ2) is 7.20. The summed E-state index contributed by atoms with van der Waals surface area (Å²) in [7, 11) is 0. The summed E-state index contributed by atoms with van der Waals surface area (Å²) in [6.45, 7) is 0. The minimum absolute atomic E-state index is 0.235. The van der Waals surface area contributed by atoms with E-state index in [1.54, 1.807) is 42.8 Å². The Kier molecular flexibility index (Phi) is 4.44. The van der Waals surface area contributed by atoms with Gasteiger partial charge in [0, 0.05) is 11.6 Å². The lowest BCUT2D eigenvalue weighted by Crippen LogP contribution is -2.13. The molecule has 128 valence electrons. The molecule has 4 rings (SSSR count). The fourth-order valence-electron chi connectivity index (χ4n) is 2.28. The molecule has 0 saturated carbocycles. The van der Waals surface area contributed by atoms with Gasteiger partial charge in [0.1, 0.15) is 17.0 Å². The van der Waals surface area contributed by atoms with Gasteiger partial charge in [-0.25, -0.2) is 9.97 Å². The molecule has 0 atom stereocenters. The van der Waals surface area contributed by atoms with Crippen LogP contribution in [0.25, 0.3) is 11.5 Å². The van der Waals surface area contributed by atoms with Crippen LogP contribution in [0.4, 0.5) is 5.13 Å². The average molecular weight is 363 g/mol. The van der Waals surface area contributed by atoms with Gasteiger partial charge in [-0.3, -0.25) is 10.1 Å². The summed E-state index contributed by atoms with van der Waals surface area (Å²) < 4.78 is 11.0. The molecule has 1 amide bonds. The SMILES string of the molecule is O=C(Nc1nc(-c2ccco2)cs1)c1cccnc1Oc1ccccc1. The van der Waals surface area contributed by atoms with Crippen molar-refractivity contribution < 1.29 is 13.9 Å². The van der Waals surface area contributed by atoms with Crippen LogP contribution in [-0.4, -0.2) is 15.9 Å². The van der Waals surface area contributed by atoms with Crippen molar-refractivity contribution in [3.05, 3.63) is 78.0 Å². The van der Waals surface area contributed by atoms with Gasteiger partial charge in [-0.15, -0.1) is 11.3 Å². The summed E-state index contributed by atoms with van der Waals surface area (Å²) in [5.41, 5.74) is 0.994. The molecule has 0 radical (unpaired) electrons. The van der Waals surface area contributed by atoms with E-state index in [1.807, 2.05) is 29.6 Å². The number of nitrogens with one attached hydrogen (secondary N) is 1. The van der Waals surface area contributed by atoms with Crippen LogP contribution in [0, 0.1) is 0 Å². The maximum Gasteiger partial charge on any atom is 0.262 e. The number of amides is 1. The molecule has 0 aliphatic rings. The van der Waals surface area contributed by atoms with Crippen molar-refractivity contribution in [2.24, 2.45) is 0 Å². The zero-order valence-corrected chi connectivity index (χ0v) is 14.3. The third kappa shape index (κ3) is 3.47. The van der Waals surface area contributed by atoms with Gasteiger partial charge in [0.05, 0.1) is 6.26 Å². The van der Waals surface area contributed by atoms with E-state index in [0.29, 0.717) is 27.9 Å². The number of ether oxygens (including phenoxy) is 1. The van der Waals surface area contributed by atoms with Gasteiger partial charge in [0.2, 0.25) is 5.88 Å². The molecule has 1 N–H and O–H groups in total. The van der Waals surface area contributed by atoms with Gasteiger partial charge in [0.25, 0.3) is 5.91 Å². The highest BCUT2D eigenvalue weighted by atomic mass is 32.1. The number of benzene rings is 1. The minimum Gasteiger partial charge on any atom is -0.463 e. The Bertz CT molecular complexity index is 1010. The number of anilines is 1. The third-order valence-electron chi connectivity index (χ3n) is 3.47. The fraction of sp³-hybridized carbons (Fsp3) is 0. The summed E-state index contributed by atoms with van der Waals surface area (Å²) in [5.74, 6) is 1.15. The molecule has 0 aliphatic heterocycles. The minimum atomic E-state index is -0.343. The number of furan rings is 1. The maximum absolute atomic E-state index is 12.6. The lowest BCUT2D eigenvalue weighted by atomic mass is 10.2. The molecule has 4 aromatic rings. The first-order chi connectivity index (χ1) is 12.8. The predicted molar refractivity (Wildman–Crippen MR) is 98.5 cm³/mol. The van der Waals surface area contributed by atoms with Crippen molar-refractivity contribution in [3.8, 4) is 23.1 Å². The number of thiazole rings is 1. The van der Waals surface area contributed by atoms with E-state index in [0.717, 1.165) is 0 Å². The van der Waals surface area contributed by atoms with E-state index >= 15 is 0 Å². The topological polar surface area (TPSA) is 77.3 Å². The molecular weight excluding hydrogens is 350 g/mol.